The zero-order valence-corrected chi connectivity index (χ0v) is 27.0. The van der Waals surface area contributed by atoms with E-state index in [0.717, 1.165) is 45.7 Å². The van der Waals surface area contributed by atoms with E-state index in [2.05, 4.69) is 42.5 Å². The normalized spacial score (nSPS) is 22.0. The molecular weight excluding hydrogens is 618 g/mol. The second kappa shape index (κ2) is 10.0. The van der Waals surface area contributed by atoms with E-state index in [0.29, 0.717) is 23.8 Å². The van der Waals surface area contributed by atoms with Crippen molar-refractivity contribution in [2.45, 2.75) is 70.7 Å². The summed E-state index contributed by atoms with van der Waals surface area (Å²) in [7, 11) is 3.65. The molecule has 2 saturated carbocycles. The number of amides is 2. The molecule has 1 aromatic carbocycles. The molecule has 0 unspecified atom stereocenters. The Bertz CT molecular complexity index is 1730. The summed E-state index contributed by atoms with van der Waals surface area (Å²) in [5.41, 5.74) is 3.87. The molecule has 4 aromatic rings. The van der Waals surface area contributed by atoms with Gasteiger partial charge in [0.25, 0.3) is 5.91 Å². The minimum atomic E-state index is -0.573. The minimum Gasteiger partial charge on any atom is -0.494 e. The number of hydrogen-bond donors (Lipinski definition) is 1. The Morgan fingerprint density at radius 2 is 1.93 bits per heavy atom. The lowest BCUT2D eigenvalue weighted by atomic mass is 10.1. The molecule has 3 aliphatic rings. The molecule has 1 aliphatic heterocycles. The summed E-state index contributed by atoms with van der Waals surface area (Å²) in [4.78, 5) is 33.5. The van der Waals surface area contributed by atoms with Crippen LogP contribution in [0.4, 0.5) is 4.79 Å². The number of alkyl carbamates (subject to hydrolysis) is 1. The highest BCUT2D eigenvalue weighted by atomic mass is 79.9. The monoisotopic (exact) mass is 653 g/mol. The third kappa shape index (κ3) is 4.78. The number of fused-ring (bicyclic) bond motifs is 4. The lowest BCUT2D eigenvalue weighted by Crippen LogP contribution is -2.46. The molecular formula is C31H36BrN5O4S. The first-order valence-electron chi connectivity index (χ1n) is 14.6. The topological polar surface area (TPSA) is 90.6 Å². The Hall–Kier alpha value is -3.05. The molecule has 2 bridgehead atoms. The number of aryl methyl sites for hydroxylation is 1. The molecule has 1 saturated heterocycles. The van der Waals surface area contributed by atoms with E-state index in [1.165, 1.54) is 23.1 Å². The van der Waals surface area contributed by atoms with Crippen LogP contribution in [0.5, 0.6) is 5.75 Å². The first kappa shape index (κ1) is 27.8. The summed E-state index contributed by atoms with van der Waals surface area (Å²) in [5.74, 6) is 2.33. The summed E-state index contributed by atoms with van der Waals surface area (Å²) in [5, 5.41) is 3.05. The molecule has 2 aliphatic carbocycles. The first-order valence-corrected chi connectivity index (χ1v) is 16.3. The van der Waals surface area contributed by atoms with Gasteiger partial charge in [0.1, 0.15) is 16.9 Å². The van der Waals surface area contributed by atoms with Crippen molar-refractivity contribution in [3.8, 4) is 17.3 Å². The van der Waals surface area contributed by atoms with Gasteiger partial charge in [0, 0.05) is 25.7 Å². The fourth-order valence-corrected chi connectivity index (χ4v) is 8.39. The van der Waals surface area contributed by atoms with Gasteiger partial charge in [-0.3, -0.25) is 4.79 Å². The molecule has 11 heteroatoms. The fourth-order valence-electron chi connectivity index (χ4n) is 6.83. The lowest BCUT2D eigenvalue weighted by molar-refractivity contribution is 0.0485. The van der Waals surface area contributed by atoms with E-state index in [1.807, 2.05) is 44.9 Å². The van der Waals surface area contributed by atoms with Crippen molar-refractivity contribution in [2.75, 3.05) is 13.7 Å². The second-order valence-electron chi connectivity index (χ2n) is 13.0. The minimum absolute atomic E-state index is 0.0611. The number of aromatic nitrogens is 3. The van der Waals surface area contributed by atoms with Crippen LogP contribution in [-0.4, -0.2) is 62.4 Å². The molecule has 1 N–H and O–H groups in total. The highest BCUT2D eigenvalue weighted by Crippen LogP contribution is 2.42. The number of nitrogens with zero attached hydrogens (tertiary/aromatic N) is 4. The van der Waals surface area contributed by atoms with Gasteiger partial charge in [-0.2, -0.15) is 0 Å². The standard InChI is InChI=1S/C31H36BrN5O4S/c1-31(2,3)41-30(39)34-26-17-8-9-20(26)37(15-17)29(38)18-10-19-27(23(11-18)40-5)35(4)28(33-19)22-12-24-21(13-25(32)42-24)36(22)14-16-6-7-16/h10-13,16-17,20,26H,6-9,14-15H2,1-5H3,(H,34,39)/t17-,20-,26-/m1/s1. The number of ether oxygens (including phenoxy) is 2. The van der Waals surface area contributed by atoms with Gasteiger partial charge in [-0.1, -0.05) is 0 Å². The van der Waals surface area contributed by atoms with Crippen LogP contribution < -0.4 is 10.1 Å². The number of likely N-dealkylation sites (tertiary alicyclic amines) is 1. The van der Waals surface area contributed by atoms with Crippen molar-refractivity contribution in [3.63, 3.8) is 0 Å². The van der Waals surface area contributed by atoms with E-state index >= 15 is 0 Å². The predicted octanol–water partition coefficient (Wildman–Crippen LogP) is 6.57. The maximum absolute atomic E-state index is 14.0. The van der Waals surface area contributed by atoms with Gasteiger partial charge in [0.05, 0.1) is 44.4 Å². The number of carbonyl (C=O) groups is 2. The number of hydrogen-bond acceptors (Lipinski definition) is 6. The Labute approximate surface area is 257 Å². The molecule has 222 valence electrons. The van der Waals surface area contributed by atoms with Crippen molar-refractivity contribution in [1.82, 2.24) is 24.3 Å². The molecule has 3 fully saturated rings. The van der Waals surface area contributed by atoms with Gasteiger partial charge < -0.3 is 28.8 Å². The molecule has 4 heterocycles. The second-order valence-corrected chi connectivity index (χ2v) is 15.4. The maximum Gasteiger partial charge on any atom is 0.407 e. The predicted molar refractivity (Wildman–Crippen MR) is 167 cm³/mol. The van der Waals surface area contributed by atoms with E-state index in [4.69, 9.17) is 14.5 Å². The highest BCUT2D eigenvalue weighted by Gasteiger charge is 2.50. The van der Waals surface area contributed by atoms with Crippen LogP contribution in [-0.2, 0) is 18.3 Å². The molecule has 0 spiro atoms. The zero-order valence-electron chi connectivity index (χ0n) is 24.6. The van der Waals surface area contributed by atoms with E-state index in [-0.39, 0.29) is 23.9 Å². The highest BCUT2D eigenvalue weighted by molar-refractivity contribution is 9.11. The number of methoxy groups -OCH3 is 1. The Morgan fingerprint density at radius 1 is 1.14 bits per heavy atom. The molecule has 9 nitrogen and oxygen atoms in total. The zero-order chi connectivity index (χ0) is 29.5. The molecule has 42 heavy (non-hydrogen) atoms. The average Bonchev–Trinajstić information content (AvgIpc) is 3.14. The van der Waals surface area contributed by atoms with Gasteiger partial charge in [0.15, 0.2) is 5.82 Å². The molecule has 7 rings (SSSR count). The summed E-state index contributed by atoms with van der Waals surface area (Å²) in [6, 6.07) is 7.97. The molecule has 3 atom stereocenters. The Morgan fingerprint density at radius 3 is 2.64 bits per heavy atom. The maximum atomic E-state index is 14.0. The van der Waals surface area contributed by atoms with Crippen molar-refractivity contribution >= 4 is 60.5 Å². The van der Waals surface area contributed by atoms with Gasteiger partial charge >= 0.3 is 6.09 Å². The van der Waals surface area contributed by atoms with Crippen LogP contribution in [0, 0.1) is 11.8 Å². The molecule has 3 aromatic heterocycles. The molecule has 2 amide bonds. The number of rotatable bonds is 6. The Kier molecular flexibility index (Phi) is 6.62. The third-order valence-corrected chi connectivity index (χ3v) is 10.4. The van der Waals surface area contributed by atoms with Crippen LogP contribution in [0.15, 0.2) is 28.1 Å². The number of carbonyl (C=O) groups excluding carboxylic acids is 2. The van der Waals surface area contributed by atoms with E-state index < -0.39 is 11.7 Å². The summed E-state index contributed by atoms with van der Waals surface area (Å²) < 4.78 is 18.2. The van der Waals surface area contributed by atoms with Gasteiger partial charge in [0.2, 0.25) is 0 Å². The summed E-state index contributed by atoms with van der Waals surface area (Å²) >= 11 is 5.39. The number of thiophene rings is 1. The van der Waals surface area contributed by atoms with E-state index in [1.54, 1.807) is 18.4 Å². The number of halogens is 1. The van der Waals surface area contributed by atoms with Crippen LogP contribution >= 0.6 is 27.3 Å². The number of piperidine rings is 1. The largest absolute Gasteiger partial charge is 0.494 e. The van der Waals surface area contributed by atoms with Crippen molar-refractivity contribution in [1.29, 1.82) is 0 Å². The lowest BCUT2D eigenvalue weighted by Gasteiger charge is -2.28. The smallest absolute Gasteiger partial charge is 0.407 e. The van der Waals surface area contributed by atoms with E-state index in [9.17, 15) is 9.59 Å². The first-order chi connectivity index (χ1) is 20.0. The van der Waals surface area contributed by atoms with Gasteiger partial charge in [-0.15, -0.1) is 11.3 Å². The average molecular weight is 655 g/mol. The Balaban J connectivity index is 1.21. The quantitative estimate of drug-likeness (QED) is 0.254. The van der Waals surface area contributed by atoms with Crippen LogP contribution in [0.1, 0.15) is 56.8 Å². The number of nitrogens with one attached hydrogen (secondary N) is 1. The number of benzene rings is 1. The van der Waals surface area contributed by atoms with Crippen molar-refractivity contribution in [2.24, 2.45) is 18.9 Å². The third-order valence-electron chi connectivity index (χ3n) is 8.86. The summed E-state index contributed by atoms with van der Waals surface area (Å²) in [6.45, 7) is 7.14. The fraction of sp³-hybridized carbons (Fsp3) is 0.516. The molecule has 0 radical (unpaired) electrons. The van der Waals surface area contributed by atoms with Gasteiger partial charge in [-0.05, 0) is 98.5 Å². The van der Waals surface area contributed by atoms with Crippen LogP contribution in [0.2, 0.25) is 0 Å². The van der Waals surface area contributed by atoms with Crippen molar-refractivity contribution in [3.05, 3.63) is 33.6 Å². The SMILES string of the molecule is COc1cc(C(=O)N2C[C@H]3CC[C@@H]2[C@@H]3NC(=O)OC(C)(C)C)cc2nc(-c3cc4sc(Br)cc4n3CC3CC3)n(C)c12. The number of imidazole rings is 1. The van der Waals surface area contributed by atoms with Crippen LogP contribution in [0.3, 0.4) is 0 Å². The van der Waals surface area contributed by atoms with Crippen LogP contribution in [0.25, 0.3) is 32.8 Å². The van der Waals surface area contributed by atoms with Gasteiger partial charge in [-0.25, -0.2) is 9.78 Å². The van der Waals surface area contributed by atoms with Crippen molar-refractivity contribution < 1.29 is 19.1 Å². The summed E-state index contributed by atoms with van der Waals surface area (Å²) in [6.07, 6.45) is 3.93.